The summed E-state index contributed by atoms with van der Waals surface area (Å²) in [6.45, 7) is 6.37. The van der Waals surface area contributed by atoms with Crippen LogP contribution in [0.5, 0.6) is 0 Å². The third kappa shape index (κ3) is 2.93. The molecule has 1 aromatic carbocycles. The van der Waals surface area contributed by atoms with Crippen LogP contribution in [0.4, 0.5) is 0 Å². The van der Waals surface area contributed by atoms with Crippen LogP contribution < -0.4 is 11.1 Å². The van der Waals surface area contributed by atoms with Crippen molar-refractivity contribution in [1.29, 1.82) is 0 Å². The van der Waals surface area contributed by atoms with Crippen LogP contribution in [0.2, 0.25) is 0 Å². The van der Waals surface area contributed by atoms with Gasteiger partial charge in [0.25, 0.3) is 0 Å². The van der Waals surface area contributed by atoms with Crippen molar-refractivity contribution in [3.8, 4) is 0 Å². The monoisotopic (exact) mass is 246 g/mol. The first-order chi connectivity index (χ1) is 8.66. The summed E-state index contributed by atoms with van der Waals surface area (Å²) in [5, 5.41) is 3.75. The van der Waals surface area contributed by atoms with E-state index in [4.69, 9.17) is 5.73 Å². The van der Waals surface area contributed by atoms with E-state index >= 15 is 0 Å². The van der Waals surface area contributed by atoms with E-state index in [-0.39, 0.29) is 5.54 Å². The molecule has 2 rings (SSSR count). The van der Waals surface area contributed by atoms with Crippen LogP contribution in [0.15, 0.2) is 30.3 Å². The lowest BCUT2D eigenvalue weighted by atomic mass is 9.70. The molecule has 1 saturated carbocycles. The predicted octanol–water partition coefficient (Wildman–Crippen LogP) is 2.93. The molecule has 3 N–H and O–H groups in total. The fourth-order valence-corrected chi connectivity index (χ4v) is 3.21. The molecule has 2 nitrogen and oxygen atoms in total. The van der Waals surface area contributed by atoms with Crippen LogP contribution in [-0.2, 0) is 6.54 Å². The zero-order valence-electron chi connectivity index (χ0n) is 11.7. The Labute approximate surface area is 111 Å². The first-order valence-corrected chi connectivity index (χ1v) is 7.15. The Morgan fingerprint density at radius 1 is 1.28 bits per heavy atom. The molecule has 0 aliphatic heterocycles. The molecule has 0 bridgehead atoms. The molecule has 1 aromatic rings. The van der Waals surface area contributed by atoms with Gasteiger partial charge in [-0.2, -0.15) is 0 Å². The molecule has 1 fully saturated rings. The molecule has 0 amide bonds. The highest BCUT2D eigenvalue weighted by Gasteiger charge is 2.38. The summed E-state index contributed by atoms with van der Waals surface area (Å²) in [5.41, 5.74) is 7.56. The second-order valence-electron chi connectivity index (χ2n) is 5.98. The van der Waals surface area contributed by atoms with Crippen molar-refractivity contribution in [2.75, 3.05) is 6.54 Å². The highest BCUT2D eigenvalue weighted by molar-refractivity contribution is 5.15. The number of nitrogens with one attached hydrogen (secondary N) is 1. The number of hydrogen-bond donors (Lipinski definition) is 2. The maximum atomic E-state index is 6.08. The molecular weight excluding hydrogens is 220 g/mol. The quantitative estimate of drug-likeness (QED) is 0.857. The van der Waals surface area contributed by atoms with Crippen molar-refractivity contribution < 1.29 is 0 Å². The minimum absolute atomic E-state index is 0.141. The van der Waals surface area contributed by atoms with Gasteiger partial charge in [-0.15, -0.1) is 0 Å². The molecule has 0 saturated heterocycles. The normalized spacial score (nSPS) is 32.4. The fourth-order valence-electron chi connectivity index (χ4n) is 3.21. The van der Waals surface area contributed by atoms with Gasteiger partial charge in [-0.05, 0) is 36.7 Å². The molecule has 18 heavy (non-hydrogen) atoms. The third-order valence-electron chi connectivity index (χ3n) is 4.63. The minimum atomic E-state index is 0.141. The van der Waals surface area contributed by atoms with Gasteiger partial charge in [0, 0.05) is 18.6 Å². The summed E-state index contributed by atoms with van der Waals surface area (Å²) in [5.74, 6) is 1.51. The smallest absolute Gasteiger partial charge is 0.0332 e. The van der Waals surface area contributed by atoms with Gasteiger partial charge in [0.2, 0.25) is 0 Å². The van der Waals surface area contributed by atoms with Crippen molar-refractivity contribution in [1.82, 2.24) is 5.32 Å². The van der Waals surface area contributed by atoms with E-state index in [1.807, 2.05) is 0 Å². The Morgan fingerprint density at radius 2 is 2.00 bits per heavy atom. The van der Waals surface area contributed by atoms with Gasteiger partial charge >= 0.3 is 0 Å². The summed E-state index contributed by atoms with van der Waals surface area (Å²) >= 11 is 0. The summed E-state index contributed by atoms with van der Waals surface area (Å²) < 4.78 is 0. The Hall–Kier alpha value is -0.860. The highest BCUT2D eigenvalue weighted by atomic mass is 15.0. The average molecular weight is 246 g/mol. The van der Waals surface area contributed by atoms with E-state index in [1.165, 1.54) is 24.8 Å². The van der Waals surface area contributed by atoms with E-state index in [1.54, 1.807) is 0 Å². The average Bonchev–Trinajstić information content (AvgIpc) is 2.40. The van der Waals surface area contributed by atoms with Crippen LogP contribution in [-0.4, -0.2) is 12.1 Å². The molecule has 2 heteroatoms. The summed E-state index contributed by atoms with van der Waals surface area (Å²) in [7, 11) is 0. The predicted molar refractivity (Wildman–Crippen MR) is 77.2 cm³/mol. The molecule has 3 unspecified atom stereocenters. The topological polar surface area (TPSA) is 38.0 Å². The Bertz CT molecular complexity index is 363. The first-order valence-electron chi connectivity index (χ1n) is 7.15. The lowest BCUT2D eigenvalue weighted by Gasteiger charge is -2.45. The van der Waals surface area contributed by atoms with E-state index in [2.05, 4.69) is 49.5 Å². The lowest BCUT2D eigenvalue weighted by Crippen LogP contribution is -2.57. The van der Waals surface area contributed by atoms with Gasteiger partial charge in [-0.1, -0.05) is 44.2 Å². The first kappa shape index (κ1) is 13.6. The molecule has 1 aliphatic carbocycles. The summed E-state index contributed by atoms with van der Waals surface area (Å²) in [6, 6.07) is 10.6. The van der Waals surface area contributed by atoms with Gasteiger partial charge in [0.15, 0.2) is 0 Å². The molecule has 0 aromatic heterocycles. The van der Waals surface area contributed by atoms with Gasteiger partial charge < -0.3 is 11.1 Å². The van der Waals surface area contributed by atoms with E-state index in [0.29, 0.717) is 5.92 Å². The van der Waals surface area contributed by atoms with Crippen molar-refractivity contribution in [3.05, 3.63) is 35.9 Å². The van der Waals surface area contributed by atoms with Crippen LogP contribution >= 0.6 is 0 Å². The molecule has 100 valence electrons. The molecule has 0 heterocycles. The second kappa shape index (κ2) is 5.85. The Kier molecular flexibility index (Phi) is 4.41. The van der Waals surface area contributed by atoms with Crippen molar-refractivity contribution in [2.24, 2.45) is 17.6 Å². The third-order valence-corrected chi connectivity index (χ3v) is 4.63. The maximum Gasteiger partial charge on any atom is 0.0332 e. The number of rotatable bonds is 4. The minimum Gasteiger partial charge on any atom is -0.329 e. The molecule has 1 aliphatic rings. The van der Waals surface area contributed by atoms with Crippen molar-refractivity contribution >= 4 is 0 Å². The van der Waals surface area contributed by atoms with E-state index in [9.17, 15) is 0 Å². The van der Waals surface area contributed by atoms with Crippen LogP contribution in [0, 0.1) is 11.8 Å². The van der Waals surface area contributed by atoms with Gasteiger partial charge in [-0.25, -0.2) is 0 Å². The van der Waals surface area contributed by atoms with Gasteiger partial charge in [0.05, 0.1) is 0 Å². The van der Waals surface area contributed by atoms with Gasteiger partial charge in [-0.3, -0.25) is 0 Å². The van der Waals surface area contributed by atoms with E-state index < -0.39 is 0 Å². The molecule has 0 spiro atoms. The van der Waals surface area contributed by atoms with Crippen LogP contribution in [0.1, 0.15) is 38.7 Å². The molecular formula is C16H26N2. The number of hydrogen-bond acceptors (Lipinski definition) is 2. The summed E-state index contributed by atoms with van der Waals surface area (Å²) in [6.07, 6.45) is 3.79. The number of benzene rings is 1. The van der Waals surface area contributed by atoms with Gasteiger partial charge in [0.1, 0.15) is 0 Å². The second-order valence-corrected chi connectivity index (χ2v) is 5.98. The standard InChI is InChI=1S/C16H26N2/c1-13-8-9-16(12-17,14(2)10-13)18-11-15-6-4-3-5-7-15/h3-7,13-14,18H,8-12,17H2,1-2H3. The SMILES string of the molecule is CC1CCC(CN)(NCc2ccccc2)C(C)C1. The Balaban J connectivity index is 2.00. The Morgan fingerprint density at radius 3 is 2.61 bits per heavy atom. The molecule has 3 atom stereocenters. The van der Waals surface area contributed by atoms with Crippen molar-refractivity contribution in [2.45, 2.75) is 45.2 Å². The van der Waals surface area contributed by atoms with Crippen molar-refractivity contribution in [3.63, 3.8) is 0 Å². The van der Waals surface area contributed by atoms with E-state index in [0.717, 1.165) is 19.0 Å². The maximum absolute atomic E-state index is 6.08. The lowest BCUT2D eigenvalue weighted by molar-refractivity contribution is 0.128. The number of nitrogens with two attached hydrogens (primary N) is 1. The van der Waals surface area contributed by atoms with Crippen LogP contribution in [0.25, 0.3) is 0 Å². The largest absolute Gasteiger partial charge is 0.329 e. The fraction of sp³-hybridized carbons (Fsp3) is 0.625. The molecule has 0 radical (unpaired) electrons. The zero-order chi connectivity index (χ0) is 13.0. The highest BCUT2D eigenvalue weighted by Crippen LogP contribution is 2.36. The summed E-state index contributed by atoms with van der Waals surface area (Å²) in [4.78, 5) is 0. The van der Waals surface area contributed by atoms with Crippen LogP contribution in [0.3, 0.4) is 0 Å². The zero-order valence-corrected chi connectivity index (χ0v) is 11.7.